The Bertz CT molecular complexity index is 522. The Hall–Kier alpha value is -2.50. The quantitative estimate of drug-likeness (QED) is 0.841. The molecule has 0 saturated heterocycles. The summed E-state index contributed by atoms with van der Waals surface area (Å²) in [4.78, 5) is 13.7. The Kier molecular flexibility index (Phi) is 3.61. The van der Waals surface area contributed by atoms with Crippen LogP contribution in [0, 0.1) is 11.3 Å². The van der Waals surface area contributed by atoms with Crippen molar-refractivity contribution in [3.63, 3.8) is 0 Å². The number of aromatic nitrogens is 1. The minimum atomic E-state index is -4.97. The van der Waals surface area contributed by atoms with Crippen molar-refractivity contribution in [3.8, 4) is 11.9 Å². The van der Waals surface area contributed by atoms with E-state index in [1.54, 1.807) is 0 Å². The predicted molar refractivity (Wildman–Crippen MR) is 51.4 cm³/mol. The van der Waals surface area contributed by atoms with Gasteiger partial charge in [0.25, 0.3) is 0 Å². The molecular weight excluding hydrogens is 255 g/mol. The monoisotopic (exact) mass is 261 g/mol. The number of carboxylic acid groups (broad SMARTS) is 1. The van der Waals surface area contributed by atoms with E-state index in [0.717, 1.165) is 0 Å². The van der Waals surface area contributed by atoms with E-state index in [1.165, 1.54) is 6.07 Å². The summed E-state index contributed by atoms with van der Waals surface area (Å²) in [6.07, 6.45) is -5.59. The number of nitrogens with zero attached hydrogens (tertiary/aromatic N) is 2. The molecule has 18 heavy (non-hydrogen) atoms. The van der Waals surface area contributed by atoms with Crippen molar-refractivity contribution in [2.75, 3.05) is 5.73 Å². The number of pyridine rings is 1. The number of carboxylic acids is 1. The van der Waals surface area contributed by atoms with Crippen LogP contribution in [0.4, 0.5) is 19.0 Å². The lowest BCUT2D eigenvalue weighted by Crippen LogP contribution is -2.19. The van der Waals surface area contributed by atoms with Crippen molar-refractivity contribution >= 4 is 11.8 Å². The Morgan fingerprint density at radius 1 is 1.61 bits per heavy atom. The van der Waals surface area contributed by atoms with Crippen molar-refractivity contribution in [2.45, 2.75) is 12.8 Å². The van der Waals surface area contributed by atoms with Gasteiger partial charge in [-0.15, -0.1) is 13.2 Å². The van der Waals surface area contributed by atoms with E-state index < -0.39 is 30.5 Å². The molecule has 0 atom stereocenters. The van der Waals surface area contributed by atoms with E-state index in [0.29, 0.717) is 6.07 Å². The normalized spacial score (nSPS) is 10.8. The third-order valence-electron chi connectivity index (χ3n) is 1.80. The number of hydrogen-bond donors (Lipinski definition) is 2. The highest BCUT2D eigenvalue weighted by molar-refractivity contribution is 5.74. The molecule has 0 amide bonds. The van der Waals surface area contributed by atoms with E-state index in [4.69, 9.17) is 16.1 Å². The number of nitrogen functional groups attached to an aromatic ring is 1. The molecule has 1 heterocycles. The summed E-state index contributed by atoms with van der Waals surface area (Å²) in [5.74, 6) is -2.69. The molecule has 0 fully saturated rings. The molecule has 0 spiro atoms. The molecule has 0 aliphatic heterocycles. The predicted octanol–water partition coefficient (Wildman–Crippen LogP) is 1.06. The fourth-order valence-electron chi connectivity index (χ4n) is 1.17. The topological polar surface area (TPSA) is 109 Å². The van der Waals surface area contributed by atoms with Crippen LogP contribution in [0.25, 0.3) is 0 Å². The number of halogens is 3. The second-order valence-electron chi connectivity index (χ2n) is 3.10. The lowest BCUT2D eigenvalue weighted by atomic mass is 10.1. The Morgan fingerprint density at radius 3 is 2.67 bits per heavy atom. The van der Waals surface area contributed by atoms with Crippen molar-refractivity contribution in [3.05, 3.63) is 17.2 Å². The lowest BCUT2D eigenvalue weighted by molar-refractivity contribution is -0.276. The van der Waals surface area contributed by atoms with Crippen LogP contribution in [0.15, 0.2) is 6.07 Å². The summed E-state index contributed by atoms with van der Waals surface area (Å²) in [5.41, 5.74) is 4.81. The van der Waals surface area contributed by atoms with Crippen LogP contribution in [0.5, 0.6) is 5.88 Å². The number of nitriles is 1. The largest absolute Gasteiger partial charge is 0.574 e. The first kappa shape index (κ1) is 13.6. The zero-order chi connectivity index (χ0) is 13.9. The van der Waals surface area contributed by atoms with Gasteiger partial charge in [0.15, 0.2) is 0 Å². The van der Waals surface area contributed by atoms with Crippen LogP contribution in [0.3, 0.4) is 0 Å². The third kappa shape index (κ3) is 3.51. The Morgan fingerprint density at radius 2 is 2.22 bits per heavy atom. The molecule has 0 radical (unpaired) electrons. The number of carbonyl (C=O) groups is 1. The Labute approximate surface area is 98.4 Å². The summed E-state index contributed by atoms with van der Waals surface area (Å²) in [5, 5.41) is 17.3. The highest BCUT2D eigenvalue weighted by Gasteiger charge is 2.32. The standard InChI is InChI=1S/C9H6F3N3O3/c10-9(11,12)18-6-1-4(3-13)5(2-7(16)17)8(14)15-6/h1H,2H2,(H2,14,15)(H,16,17). The maximum Gasteiger partial charge on any atom is 0.574 e. The number of hydrogen-bond acceptors (Lipinski definition) is 5. The number of rotatable bonds is 3. The highest BCUT2D eigenvalue weighted by Crippen LogP contribution is 2.25. The molecule has 9 heteroatoms. The Balaban J connectivity index is 3.19. The molecule has 0 unspecified atom stereocenters. The average molecular weight is 261 g/mol. The highest BCUT2D eigenvalue weighted by atomic mass is 19.4. The van der Waals surface area contributed by atoms with Crippen molar-refractivity contribution in [2.24, 2.45) is 0 Å². The molecule has 96 valence electrons. The van der Waals surface area contributed by atoms with Gasteiger partial charge in [-0.3, -0.25) is 4.79 Å². The first-order chi connectivity index (χ1) is 8.23. The van der Waals surface area contributed by atoms with Crippen LogP contribution in [-0.2, 0) is 11.2 Å². The van der Waals surface area contributed by atoms with Crippen LogP contribution in [0.1, 0.15) is 11.1 Å². The number of aliphatic carboxylic acids is 1. The van der Waals surface area contributed by atoms with Crippen LogP contribution < -0.4 is 10.5 Å². The van der Waals surface area contributed by atoms with Gasteiger partial charge in [0.05, 0.1) is 18.1 Å². The molecule has 1 aromatic heterocycles. The lowest BCUT2D eigenvalue weighted by Gasteiger charge is -2.11. The molecule has 1 aromatic rings. The zero-order valence-electron chi connectivity index (χ0n) is 8.65. The molecule has 6 nitrogen and oxygen atoms in total. The van der Waals surface area contributed by atoms with E-state index in [1.807, 2.05) is 0 Å². The minimum absolute atomic E-state index is 0.153. The number of nitrogens with two attached hydrogens (primary N) is 1. The number of alkyl halides is 3. The van der Waals surface area contributed by atoms with Crippen LogP contribution in [-0.4, -0.2) is 22.4 Å². The second-order valence-corrected chi connectivity index (χ2v) is 3.10. The third-order valence-corrected chi connectivity index (χ3v) is 1.80. The van der Waals surface area contributed by atoms with E-state index in [2.05, 4.69) is 9.72 Å². The first-order valence-electron chi connectivity index (χ1n) is 4.40. The summed E-state index contributed by atoms with van der Waals surface area (Å²) in [7, 11) is 0. The summed E-state index contributed by atoms with van der Waals surface area (Å²) in [6, 6.07) is 2.22. The maximum absolute atomic E-state index is 11.9. The smallest absolute Gasteiger partial charge is 0.481 e. The van der Waals surface area contributed by atoms with E-state index in [-0.39, 0.29) is 11.1 Å². The molecule has 0 aromatic carbocycles. The van der Waals surface area contributed by atoms with E-state index >= 15 is 0 Å². The molecular formula is C9H6F3N3O3. The maximum atomic E-state index is 11.9. The van der Waals surface area contributed by atoms with Gasteiger partial charge in [-0.25, -0.2) is 0 Å². The van der Waals surface area contributed by atoms with Gasteiger partial charge in [-0.05, 0) is 0 Å². The SMILES string of the molecule is N#Cc1cc(OC(F)(F)F)nc(N)c1CC(=O)O. The molecule has 1 rings (SSSR count). The van der Waals surface area contributed by atoms with Gasteiger partial charge in [0, 0.05) is 11.6 Å². The van der Waals surface area contributed by atoms with Gasteiger partial charge in [-0.2, -0.15) is 10.2 Å². The summed E-state index contributed by atoms with van der Waals surface area (Å²) >= 11 is 0. The zero-order valence-corrected chi connectivity index (χ0v) is 8.65. The number of anilines is 1. The molecule has 0 saturated carbocycles. The van der Waals surface area contributed by atoms with Crippen molar-refractivity contribution in [1.82, 2.24) is 4.98 Å². The molecule has 0 aliphatic rings. The van der Waals surface area contributed by atoms with Crippen LogP contribution in [0.2, 0.25) is 0 Å². The molecule has 0 bridgehead atoms. The minimum Gasteiger partial charge on any atom is -0.481 e. The van der Waals surface area contributed by atoms with Crippen molar-refractivity contribution < 1.29 is 27.8 Å². The van der Waals surface area contributed by atoms with Crippen LogP contribution >= 0.6 is 0 Å². The summed E-state index contributed by atoms with van der Waals surface area (Å²) in [6.45, 7) is 0. The van der Waals surface area contributed by atoms with E-state index in [9.17, 15) is 18.0 Å². The average Bonchev–Trinajstić information content (AvgIpc) is 2.18. The fraction of sp³-hybridized carbons (Fsp3) is 0.222. The van der Waals surface area contributed by atoms with Gasteiger partial charge >= 0.3 is 12.3 Å². The number of ether oxygens (including phenoxy) is 1. The van der Waals surface area contributed by atoms with Gasteiger partial charge in [0.2, 0.25) is 5.88 Å². The second kappa shape index (κ2) is 4.79. The first-order valence-corrected chi connectivity index (χ1v) is 4.40. The molecule has 0 aliphatic carbocycles. The molecule has 3 N–H and O–H groups in total. The summed E-state index contributed by atoms with van der Waals surface area (Å²) < 4.78 is 39.3. The van der Waals surface area contributed by atoms with Gasteiger partial charge in [-0.1, -0.05) is 0 Å². The fourth-order valence-corrected chi connectivity index (χ4v) is 1.17. The van der Waals surface area contributed by atoms with Gasteiger partial charge < -0.3 is 15.6 Å². The van der Waals surface area contributed by atoms with Crippen molar-refractivity contribution in [1.29, 1.82) is 5.26 Å². The van der Waals surface area contributed by atoms with Gasteiger partial charge in [0.1, 0.15) is 5.82 Å².